The molecular formula is C22H29N3O6S2. The summed E-state index contributed by atoms with van der Waals surface area (Å²) in [6.45, 7) is 4.65. The standard InChI is InChI=1S/C22H29N3O6S2/c1-16(2)25(5)33(30,31)21-10-6-18(7-11-21)14-23-22(27)15-24(4)32(28,29)20-12-8-19(9-13-20)17(3)26/h6-13,16H,14-15H2,1-5H3,(H,23,27). The Morgan fingerprint density at radius 1 is 0.848 bits per heavy atom. The third-order valence-electron chi connectivity index (χ3n) is 5.15. The van der Waals surface area contributed by atoms with E-state index < -0.39 is 32.5 Å². The molecule has 1 N–H and O–H groups in total. The first-order valence-corrected chi connectivity index (χ1v) is 13.1. The molecule has 0 aromatic heterocycles. The lowest BCUT2D eigenvalue weighted by Crippen LogP contribution is -2.38. The summed E-state index contributed by atoms with van der Waals surface area (Å²) in [6, 6.07) is 11.4. The topological polar surface area (TPSA) is 121 Å². The molecule has 2 rings (SSSR count). The molecule has 33 heavy (non-hydrogen) atoms. The molecule has 0 fully saturated rings. The minimum absolute atomic E-state index is 0.0223. The second-order valence-electron chi connectivity index (χ2n) is 7.88. The fourth-order valence-corrected chi connectivity index (χ4v) is 5.30. The lowest BCUT2D eigenvalue weighted by atomic mass is 10.2. The molecule has 11 heteroatoms. The van der Waals surface area contributed by atoms with Crippen molar-refractivity contribution in [1.29, 1.82) is 0 Å². The molecular weight excluding hydrogens is 466 g/mol. The first kappa shape index (κ1) is 26.7. The van der Waals surface area contributed by atoms with Crippen LogP contribution in [0.4, 0.5) is 0 Å². The molecule has 0 unspecified atom stereocenters. The zero-order chi connectivity index (χ0) is 25.0. The quantitative estimate of drug-likeness (QED) is 0.502. The van der Waals surface area contributed by atoms with Crippen LogP contribution in [0.2, 0.25) is 0 Å². The van der Waals surface area contributed by atoms with E-state index in [4.69, 9.17) is 0 Å². The first-order valence-electron chi connectivity index (χ1n) is 10.2. The van der Waals surface area contributed by atoms with Gasteiger partial charge in [-0.05, 0) is 50.6 Å². The van der Waals surface area contributed by atoms with Gasteiger partial charge >= 0.3 is 0 Å². The summed E-state index contributed by atoms with van der Waals surface area (Å²) < 4.78 is 52.5. The van der Waals surface area contributed by atoms with Crippen LogP contribution in [0.25, 0.3) is 0 Å². The fraction of sp³-hybridized carbons (Fsp3) is 0.364. The van der Waals surface area contributed by atoms with E-state index in [1.807, 2.05) is 0 Å². The first-order chi connectivity index (χ1) is 15.3. The minimum atomic E-state index is -3.91. The van der Waals surface area contributed by atoms with Crippen molar-refractivity contribution in [2.75, 3.05) is 20.6 Å². The van der Waals surface area contributed by atoms with Gasteiger partial charge in [-0.1, -0.05) is 24.3 Å². The van der Waals surface area contributed by atoms with Crippen molar-refractivity contribution in [3.05, 3.63) is 59.7 Å². The highest BCUT2D eigenvalue weighted by molar-refractivity contribution is 7.89. The molecule has 0 radical (unpaired) electrons. The highest BCUT2D eigenvalue weighted by Crippen LogP contribution is 2.18. The maximum Gasteiger partial charge on any atom is 0.243 e. The highest BCUT2D eigenvalue weighted by Gasteiger charge is 2.24. The van der Waals surface area contributed by atoms with E-state index in [-0.39, 0.29) is 28.2 Å². The number of hydrogen-bond donors (Lipinski definition) is 1. The Balaban J connectivity index is 1.98. The molecule has 0 aliphatic heterocycles. The maximum absolute atomic E-state index is 12.7. The number of nitrogens with zero attached hydrogens (tertiary/aromatic N) is 2. The number of rotatable bonds is 10. The number of nitrogens with one attached hydrogen (secondary N) is 1. The van der Waals surface area contributed by atoms with Crippen molar-refractivity contribution < 1.29 is 26.4 Å². The molecule has 0 aliphatic carbocycles. The number of carbonyl (C=O) groups is 2. The highest BCUT2D eigenvalue weighted by atomic mass is 32.2. The van der Waals surface area contributed by atoms with Crippen LogP contribution >= 0.6 is 0 Å². The van der Waals surface area contributed by atoms with Gasteiger partial charge in [0.2, 0.25) is 26.0 Å². The summed E-state index contributed by atoms with van der Waals surface area (Å²) in [5.74, 6) is -0.693. The van der Waals surface area contributed by atoms with Crippen molar-refractivity contribution in [2.45, 2.75) is 43.1 Å². The van der Waals surface area contributed by atoms with Crippen LogP contribution in [0.15, 0.2) is 58.3 Å². The monoisotopic (exact) mass is 495 g/mol. The smallest absolute Gasteiger partial charge is 0.243 e. The lowest BCUT2D eigenvalue weighted by molar-refractivity contribution is -0.121. The van der Waals surface area contributed by atoms with Crippen LogP contribution in [0, 0.1) is 0 Å². The molecule has 0 heterocycles. The third kappa shape index (κ3) is 6.47. The molecule has 2 aromatic rings. The number of ketones is 1. The van der Waals surface area contributed by atoms with Crippen LogP contribution in [0.3, 0.4) is 0 Å². The molecule has 0 atom stereocenters. The summed E-state index contributed by atoms with van der Waals surface area (Å²) in [4.78, 5) is 23.8. The average molecular weight is 496 g/mol. The van der Waals surface area contributed by atoms with Crippen molar-refractivity contribution in [2.24, 2.45) is 0 Å². The van der Waals surface area contributed by atoms with E-state index in [1.54, 1.807) is 26.0 Å². The Labute approximate surface area is 195 Å². The SMILES string of the molecule is CC(=O)c1ccc(S(=O)(=O)N(C)CC(=O)NCc2ccc(S(=O)(=O)N(C)C(C)C)cc2)cc1. The Kier molecular flexibility index (Phi) is 8.52. The molecule has 1 amide bonds. The zero-order valence-electron chi connectivity index (χ0n) is 19.3. The zero-order valence-corrected chi connectivity index (χ0v) is 20.9. The lowest BCUT2D eigenvalue weighted by Gasteiger charge is -2.21. The third-order valence-corrected chi connectivity index (χ3v) is 9.02. The van der Waals surface area contributed by atoms with E-state index >= 15 is 0 Å². The van der Waals surface area contributed by atoms with Gasteiger partial charge in [-0.3, -0.25) is 9.59 Å². The van der Waals surface area contributed by atoms with E-state index in [0.29, 0.717) is 11.1 Å². The summed E-state index contributed by atoms with van der Waals surface area (Å²) in [7, 11) is -4.70. The Hall–Kier alpha value is -2.60. The van der Waals surface area contributed by atoms with Gasteiger partial charge in [0.15, 0.2) is 5.78 Å². The summed E-state index contributed by atoms with van der Waals surface area (Å²) in [6.07, 6.45) is 0. The summed E-state index contributed by atoms with van der Waals surface area (Å²) >= 11 is 0. The second kappa shape index (κ2) is 10.6. The Morgan fingerprint density at radius 2 is 1.33 bits per heavy atom. The molecule has 0 spiro atoms. The minimum Gasteiger partial charge on any atom is -0.351 e. The Bertz CT molecular complexity index is 1210. The predicted molar refractivity (Wildman–Crippen MR) is 125 cm³/mol. The predicted octanol–water partition coefficient (Wildman–Crippen LogP) is 1.85. The van der Waals surface area contributed by atoms with Gasteiger partial charge in [0, 0.05) is 32.2 Å². The fourth-order valence-electron chi connectivity index (χ4n) is 2.81. The van der Waals surface area contributed by atoms with Gasteiger partial charge in [0.25, 0.3) is 0 Å². The largest absolute Gasteiger partial charge is 0.351 e. The van der Waals surface area contributed by atoms with Crippen LogP contribution < -0.4 is 5.32 Å². The van der Waals surface area contributed by atoms with Crippen molar-refractivity contribution in [3.63, 3.8) is 0 Å². The van der Waals surface area contributed by atoms with Crippen LogP contribution in [-0.2, 0) is 31.4 Å². The van der Waals surface area contributed by atoms with Crippen LogP contribution in [0.1, 0.15) is 36.7 Å². The second-order valence-corrected chi connectivity index (χ2v) is 11.9. The van der Waals surface area contributed by atoms with Crippen molar-refractivity contribution in [1.82, 2.24) is 13.9 Å². The van der Waals surface area contributed by atoms with Gasteiger partial charge in [-0.25, -0.2) is 16.8 Å². The number of amides is 1. The van der Waals surface area contributed by atoms with Gasteiger partial charge < -0.3 is 5.32 Å². The Morgan fingerprint density at radius 3 is 1.82 bits per heavy atom. The molecule has 180 valence electrons. The van der Waals surface area contributed by atoms with Gasteiger partial charge in [0.1, 0.15) is 0 Å². The number of Topliss-reactive ketones (excluding diaryl/α,β-unsaturated/α-hetero) is 1. The van der Waals surface area contributed by atoms with Crippen LogP contribution in [0.5, 0.6) is 0 Å². The molecule has 0 bridgehead atoms. The number of sulfonamides is 2. The summed E-state index contributed by atoms with van der Waals surface area (Å²) in [5, 5.41) is 2.63. The van der Waals surface area contributed by atoms with Crippen molar-refractivity contribution >= 4 is 31.7 Å². The van der Waals surface area contributed by atoms with Gasteiger partial charge in [0.05, 0.1) is 16.3 Å². The number of hydrogen-bond acceptors (Lipinski definition) is 6. The number of likely N-dealkylation sites (N-methyl/N-ethyl adjacent to an activating group) is 1. The maximum atomic E-state index is 12.7. The molecule has 0 saturated carbocycles. The molecule has 0 saturated heterocycles. The molecule has 9 nitrogen and oxygen atoms in total. The van der Waals surface area contributed by atoms with E-state index in [0.717, 1.165) is 4.31 Å². The van der Waals surface area contributed by atoms with E-state index in [9.17, 15) is 26.4 Å². The van der Waals surface area contributed by atoms with E-state index in [2.05, 4.69) is 5.32 Å². The van der Waals surface area contributed by atoms with Gasteiger partial charge in [-0.15, -0.1) is 0 Å². The van der Waals surface area contributed by atoms with Crippen LogP contribution in [-0.4, -0.2) is 63.8 Å². The van der Waals surface area contributed by atoms with E-state index in [1.165, 1.54) is 61.7 Å². The van der Waals surface area contributed by atoms with Gasteiger partial charge in [-0.2, -0.15) is 8.61 Å². The molecule has 0 aliphatic rings. The number of carbonyl (C=O) groups excluding carboxylic acids is 2. The normalized spacial score (nSPS) is 12.4. The molecule has 2 aromatic carbocycles. The van der Waals surface area contributed by atoms with Crippen molar-refractivity contribution in [3.8, 4) is 0 Å². The number of benzene rings is 2. The average Bonchev–Trinajstić information content (AvgIpc) is 2.77. The summed E-state index contributed by atoms with van der Waals surface area (Å²) in [5.41, 5.74) is 1.06.